The van der Waals surface area contributed by atoms with Crippen LogP contribution in [0.3, 0.4) is 0 Å². The largest absolute Gasteiger partial charge is 0.466 e. The predicted octanol–water partition coefficient (Wildman–Crippen LogP) is 2.85. The lowest BCUT2D eigenvalue weighted by Crippen LogP contribution is -2.29. The van der Waals surface area contributed by atoms with Gasteiger partial charge < -0.3 is 9.72 Å². The highest BCUT2D eigenvalue weighted by Gasteiger charge is 2.38. The van der Waals surface area contributed by atoms with E-state index < -0.39 is 0 Å². The van der Waals surface area contributed by atoms with Crippen LogP contribution in [0.4, 0.5) is 0 Å². The van der Waals surface area contributed by atoms with Crippen molar-refractivity contribution in [3.8, 4) is 0 Å². The van der Waals surface area contributed by atoms with Gasteiger partial charge in [0.15, 0.2) is 0 Å². The Labute approximate surface area is 130 Å². The molecule has 0 saturated heterocycles. The molecule has 0 saturated carbocycles. The number of hydrogen-bond donors (Lipinski definition) is 1. The monoisotopic (exact) mass is 321 g/mol. The number of hydrogen-bond acceptors (Lipinski definition) is 5. The fourth-order valence-corrected chi connectivity index (χ4v) is 4.99. The SMILES string of the molecule is CCOC(=O)[C@H]1CSc2[nH]c(=O)sc2[C@H]1c1ccccc1. The molecule has 2 aromatic rings. The summed E-state index contributed by atoms with van der Waals surface area (Å²) in [6.45, 7) is 2.18. The number of esters is 1. The number of carbonyl (C=O) groups is 1. The van der Waals surface area contributed by atoms with E-state index in [4.69, 9.17) is 4.74 Å². The number of carbonyl (C=O) groups excluding carboxylic acids is 1. The summed E-state index contributed by atoms with van der Waals surface area (Å²) >= 11 is 2.72. The summed E-state index contributed by atoms with van der Waals surface area (Å²) in [5.41, 5.74) is 1.05. The number of H-pyrrole nitrogens is 1. The molecule has 0 bridgehead atoms. The molecule has 4 nitrogen and oxygen atoms in total. The van der Waals surface area contributed by atoms with Crippen molar-refractivity contribution in [2.75, 3.05) is 12.4 Å². The van der Waals surface area contributed by atoms with Crippen LogP contribution in [0.1, 0.15) is 23.3 Å². The highest BCUT2D eigenvalue weighted by Crippen LogP contribution is 2.45. The van der Waals surface area contributed by atoms with Gasteiger partial charge in [0.1, 0.15) is 0 Å². The van der Waals surface area contributed by atoms with Crippen molar-refractivity contribution >= 4 is 29.1 Å². The lowest BCUT2D eigenvalue weighted by atomic mass is 9.86. The van der Waals surface area contributed by atoms with Crippen molar-refractivity contribution in [3.05, 3.63) is 50.4 Å². The number of ether oxygens (including phenoxy) is 1. The summed E-state index contributed by atoms with van der Waals surface area (Å²) in [6.07, 6.45) is 0. The summed E-state index contributed by atoms with van der Waals surface area (Å²) in [4.78, 5) is 27.7. The number of nitrogens with one attached hydrogen (secondary N) is 1. The molecule has 1 aromatic heterocycles. The van der Waals surface area contributed by atoms with Crippen molar-refractivity contribution in [1.82, 2.24) is 4.98 Å². The van der Waals surface area contributed by atoms with Gasteiger partial charge >= 0.3 is 10.8 Å². The van der Waals surface area contributed by atoms with Crippen LogP contribution in [-0.4, -0.2) is 23.3 Å². The molecule has 21 heavy (non-hydrogen) atoms. The van der Waals surface area contributed by atoms with E-state index in [2.05, 4.69) is 4.98 Å². The molecule has 3 rings (SSSR count). The molecular formula is C15H15NO3S2. The summed E-state index contributed by atoms with van der Waals surface area (Å²) in [7, 11) is 0. The molecule has 0 fully saturated rings. The van der Waals surface area contributed by atoms with E-state index in [9.17, 15) is 9.59 Å². The van der Waals surface area contributed by atoms with Gasteiger partial charge in [0.25, 0.3) is 0 Å². The van der Waals surface area contributed by atoms with Crippen LogP contribution in [0.5, 0.6) is 0 Å². The van der Waals surface area contributed by atoms with Gasteiger partial charge in [0.2, 0.25) is 0 Å². The van der Waals surface area contributed by atoms with Crippen LogP contribution >= 0.6 is 23.1 Å². The topological polar surface area (TPSA) is 59.2 Å². The van der Waals surface area contributed by atoms with Gasteiger partial charge in [0, 0.05) is 16.5 Å². The maximum atomic E-state index is 12.3. The first-order valence-corrected chi connectivity index (χ1v) is 8.58. The second-order valence-corrected chi connectivity index (χ2v) is 6.81. The molecule has 6 heteroatoms. The van der Waals surface area contributed by atoms with Crippen LogP contribution in [0.2, 0.25) is 0 Å². The van der Waals surface area contributed by atoms with Crippen LogP contribution in [0.25, 0.3) is 0 Å². The Balaban J connectivity index is 2.06. The van der Waals surface area contributed by atoms with Crippen molar-refractivity contribution in [2.45, 2.75) is 17.9 Å². The number of aromatic nitrogens is 1. The van der Waals surface area contributed by atoms with Crippen LogP contribution in [-0.2, 0) is 9.53 Å². The van der Waals surface area contributed by atoms with E-state index in [-0.39, 0.29) is 22.7 Å². The molecular weight excluding hydrogens is 306 g/mol. The average Bonchev–Trinajstić information content (AvgIpc) is 2.87. The van der Waals surface area contributed by atoms with E-state index >= 15 is 0 Å². The van der Waals surface area contributed by atoms with Gasteiger partial charge in [0.05, 0.1) is 17.6 Å². The van der Waals surface area contributed by atoms with Crippen molar-refractivity contribution in [2.24, 2.45) is 5.92 Å². The molecule has 1 aromatic carbocycles. The molecule has 0 aliphatic carbocycles. The third-order valence-electron chi connectivity index (χ3n) is 3.48. The average molecular weight is 321 g/mol. The summed E-state index contributed by atoms with van der Waals surface area (Å²) < 4.78 is 5.22. The van der Waals surface area contributed by atoms with Crippen molar-refractivity contribution in [1.29, 1.82) is 0 Å². The van der Waals surface area contributed by atoms with Gasteiger partial charge in [-0.1, -0.05) is 41.7 Å². The summed E-state index contributed by atoms with van der Waals surface area (Å²) in [5, 5.41) is 0.888. The third-order valence-corrected chi connectivity index (χ3v) is 5.71. The standard InChI is InChI=1S/C15H15NO3S2/c1-2-19-14(17)10-8-20-13-12(21-15(18)16-13)11(10)9-6-4-3-5-7-9/h3-7,10-11H,2,8H2,1H3,(H,16,18)/t10-,11-/m0/s1. The Hall–Kier alpha value is -1.53. The number of benzene rings is 1. The molecule has 1 aliphatic heterocycles. The first-order chi connectivity index (χ1) is 10.2. The molecule has 0 radical (unpaired) electrons. The van der Waals surface area contributed by atoms with E-state index in [0.717, 1.165) is 15.5 Å². The lowest BCUT2D eigenvalue weighted by molar-refractivity contribution is -0.147. The molecule has 1 N–H and O–H groups in total. The summed E-state index contributed by atoms with van der Waals surface area (Å²) in [6, 6.07) is 9.85. The molecule has 0 unspecified atom stereocenters. The van der Waals surface area contributed by atoms with E-state index in [1.54, 1.807) is 0 Å². The van der Waals surface area contributed by atoms with E-state index in [1.807, 2.05) is 37.3 Å². The Morgan fingerprint density at radius 3 is 2.86 bits per heavy atom. The first-order valence-electron chi connectivity index (χ1n) is 6.78. The molecule has 0 spiro atoms. The second-order valence-electron chi connectivity index (χ2n) is 4.77. The van der Waals surface area contributed by atoms with Gasteiger partial charge in [-0.2, -0.15) is 0 Å². The fraction of sp³-hybridized carbons (Fsp3) is 0.333. The van der Waals surface area contributed by atoms with Crippen molar-refractivity contribution < 1.29 is 9.53 Å². The zero-order chi connectivity index (χ0) is 14.8. The minimum Gasteiger partial charge on any atom is -0.466 e. The second kappa shape index (κ2) is 6.07. The van der Waals surface area contributed by atoms with Crippen molar-refractivity contribution in [3.63, 3.8) is 0 Å². The molecule has 1 aliphatic rings. The Morgan fingerprint density at radius 2 is 2.14 bits per heavy atom. The highest BCUT2D eigenvalue weighted by molar-refractivity contribution is 7.99. The van der Waals surface area contributed by atoms with E-state index in [1.165, 1.54) is 23.1 Å². The van der Waals surface area contributed by atoms with Crippen LogP contribution < -0.4 is 4.87 Å². The first kappa shape index (κ1) is 14.4. The smallest absolute Gasteiger partial charge is 0.310 e. The van der Waals surface area contributed by atoms with Gasteiger partial charge in [-0.05, 0) is 12.5 Å². The van der Waals surface area contributed by atoms with Gasteiger partial charge in [-0.3, -0.25) is 9.59 Å². The number of thioether (sulfide) groups is 1. The fourth-order valence-electron chi connectivity index (χ4n) is 2.59. The number of rotatable bonds is 3. The third kappa shape index (κ3) is 2.78. The maximum absolute atomic E-state index is 12.3. The minimum absolute atomic E-state index is 0.0714. The normalized spacial score (nSPS) is 20.8. The number of fused-ring (bicyclic) bond motifs is 1. The molecule has 2 atom stereocenters. The predicted molar refractivity (Wildman–Crippen MR) is 84.1 cm³/mol. The highest BCUT2D eigenvalue weighted by atomic mass is 32.2. The quantitative estimate of drug-likeness (QED) is 0.883. The number of thiazole rings is 1. The van der Waals surface area contributed by atoms with Gasteiger partial charge in [-0.15, -0.1) is 11.8 Å². The molecule has 2 heterocycles. The Bertz CT molecular complexity index is 692. The van der Waals surface area contributed by atoms with E-state index in [0.29, 0.717) is 12.4 Å². The minimum atomic E-state index is -0.253. The number of aromatic amines is 1. The summed E-state index contributed by atoms with van der Waals surface area (Å²) in [5.74, 6) is 0.0741. The van der Waals surface area contributed by atoms with Crippen LogP contribution in [0.15, 0.2) is 40.2 Å². The van der Waals surface area contributed by atoms with Gasteiger partial charge in [-0.25, -0.2) is 0 Å². The Kier molecular flexibility index (Phi) is 4.17. The molecule has 0 amide bonds. The maximum Gasteiger partial charge on any atom is 0.310 e. The molecule has 110 valence electrons. The zero-order valence-corrected chi connectivity index (χ0v) is 13.1. The Morgan fingerprint density at radius 1 is 1.38 bits per heavy atom. The lowest BCUT2D eigenvalue weighted by Gasteiger charge is -2.29. The van der Waals surface area contributed by atoms with Crippen LogP contribution in [0, 0.1) is 5.92 Å². The zero-order valence-electron chi connectivity index (χ0n) is 11.5.